The SMILES string of the molecule is COc1ccc(C(=O)COCC(Br)(Br)Br)cc1. The zero-order valence-electron chi connectivity index (χ0n) is 9.08. The molecule has 3 nitrogen and oxygen atoms in total. The van der Waals surface area contributed by atoms with Crippen LogP contribution in [0.5, 0.6) is 5.75 Å². The van der Waals surface area contributed by atoms with Gasteiger partial charge in [0.15, 0.2) is 7.93 Å². The summed E-state index contributed by atoms with van der Waals surface area (Å²) in [6, 6.07) is 6.93. The zero-order chi connectivity index (χ0) is 12.9. The summed E-state index contributed by atoms with van der Waals surface area (Å²) in [5, 5.41) is 0. The Morgan fingerprint density at radius 3 is 2.29 bits per heavy atom. The molecule has 0 saturated heterocycles. The molecule has 0 saturated carbocycles. The topological polar surface area (TPSA) is 35.5 Å². The lowest BCUT2D eigenvalue weighted by molar-refractivity contribution is 0.0779. The van der Waals surface area contributed by atoms with Crippen molar-refractivity contribution in [2.24, 2.45) is 0 Å². The van der Waals surface area contributed by atoms with E-state index in [1.54, 1.807) is 31.4 Å². The number of carbonyl (C=O) groups excluding carboxylic acids is 1. The van der Waals surface area contributed by atoms with E-state index in [1.807, 2.05) is 0 Å². The normalized spacial score (nSPS) is 11.3. The molecule has 0 amide bonds. The fraction of sp³-hybridized carbons (Fsp3) is 0.364. The van der Waals surface area contributed by atoms with Crippen molar-refractivity contribution >= 4 is 53.6 Å². The fourth-order valence-corrected chi connectivity index (χ4v) is 1.61. The van der Waals surface area contributed by atoms with E-state index in [9.17, 15) is 4.79 Å². The molecule has 0 aliphatic heterocycles. The average Bonchev–Trinajstić information content (AvgIpc) is 2.27. The third kappa shape index (κ3) is 5.99. The second kappa shape index (κ2) is 6.87. The van der Waals surface area contributed by atoms with Gasteiger partial charge in [-0.3, -0.25) is 4.79 Å². The average molecular weight is 431 g/mol. The summed E-state index contributed by atoms with van der Waals surface area (Å²) in [4.78, 5) is 11.7. The molecule has 0 atom stereocenters. The van der Waals surface area contributed by atoms with Crippen molar-refractivity contribution in [3.63, 3.8) is 0 Å². The number of halogens is 3. The molecule has 0 heterocycles. The molecule has 0 bridgehead atoms. The minimum atomic E-state index is -0.479. The van der Waals surface area contributed by atoms with E-state index in [2.05, 4.69) is 47.8 Å². The van der Waals surface area contributed by atoms with E-state index in [0.29, 0.717) is 12.2 Å². The smallest absolute Gasteiger partial charge is 0.188 e. The standard InChI is InChI=1S/C11H11Br3O3/c1-16-9-4-2-8(3-5-9)10(15)6-17-7-11(12,13)14/h2-5H,6-7H2,1H3. The van der Waals surface area contributed by atoms with Crippen molar-refractivity contribution in [1.82, 2.24) is 0 Å². The van der Waals surface area contributed by atoms with Crippen LogP contribution < -0.4 is 4.74 Å². The molecule has 0 N–H and O–H groups in total. The lowest BCUT2D eigenvalue weighted by Crippen LogP contribution is -2.16. The number of ether oxygens (including phenoxy) is 2. The van der Waals surface area contributed by atoms with Gasteiger partial charge < -0.3 is 9.47 Å². The van der Waals surface area contributed by atoms with Gasteiger partial charge in [0.05, 0.1) is 13.7 Å². The molecule has 94 valence electrons. The minimum absolute atomic E-state index is 0.0386. The first kappa shape index (κ1) is 15.1. The molecule has 1 rings (SSSR count). The Balaban J connectivity index is 2.47. The monoisotopic (exact) mass is 428 g/mol. The highest BCUT2D eigenvalue weighted by molar-refractivity contribution is 9.39. The van der Waals surface area contributed by atoms with Crippen molar-refractivity contribution in [3.8, 4) is 5.75 Å². The van der Waals surface area contributed by atoms with Gasteiger partial charge in [-0.05, 0) is 24.3 Å². The largest absolute Gasteiger partial charge is 0.497 e. The van der Waals surface area contributed by atoms with Crippen LogP contribution in [-0.2, 0) is 4.74 Å². The molecule has 0 unspecified atom stereocenters. The predicted octanol–water partition coefficient (Wildman–Crippen LogP) is 3.73. The van der Waals surface area contributed by atoms with Gasteiger partial charge in [0.1, 0.15) is 12.4 Å². The summed E-state index contributed by atoms with van der Waals surface area (Å²) < 4.78 is 9.78. The number of hydrogen-bond acceptors (Lipinski definition) is 3. The Kier molecular flexibility index (Phi) is 6.12. The first-order chi connectivity index (χ1) is 7.92. The van der Waals surface area contributed by atoms with Gasteiger partial charge in [-0.2, -0.15) is 0 Å². The summed E-state index contributed by atoms with van der Waals surface area (Å²) in [5.74, 6) is 0.660. The molecule has 0 radical (unpaired) electrons. The Hall–Kier alpha value is 0.0900. The van der Waals surface area contributed by atoms with E-state index >= 15 is 0 Å². The highest BCUT2D eigenvalue weighted by atomic mass is 80.0. The van der Waals surface area contributed by atoms with Crippen molar-refractivity contribution < 1.29 is 14.3 Å². The van der Waals surface area contributed by atoms with E-state index in [1.165, 1.54) is 0 Å². The summed E-state index contributed by atoms with van der Waals surface area (Å²) >= 11 is 9.85. The number of carbonyl (C=O) groups is 1. The lowest BCUT2D eigenvalue weighted by atomic mass is 10.1. The number of rotatable bonds is 5. The van der Waals surface area contributed by atoms with Gasteiger partial charge in [-0.25, -0.2) is 0 Å². The van der Waals surface area contributed by atoms with E-state index in [-0.39, 0.29) is 12.4 Å². The number of benzene rings is 1. The second-order valence-electron chi connectivity index (χ2n) is 3.26. The maximum absolute atomic E-state index is 11.7. The highest BCUT2D eigenvalue weighted by Gasteiger charge is 2.18. The third-order valence-electron chi connectivity index (χ3n) is 1.91. The van der Waals surface area contributed by atoms with Crippen molar-refractivity contribution in [3.05, 3.63) is 29.8 Å². The molecule has 0 spiro atoms. The molecule has 0 aromatic heterocycles. The molecule has 17 heavy (non-hydrogen) atoms. The Labute approximate surface area is 125 Å². The van der Waals surface area contributed by atoms with Gasteiger partial charge in [0.2, 0.25) is 0 Å². The quantitative estimate of drug-likeness (QED) is 0.527. The van der Waals surface area contributed by atoms with Crippen LogP contribution in [0.3, 0.4) is 0 Å². The van der Waals surface area contributed by atoms with Gasteiger partial charge in [0, 0.05) is 5.56 Å². The Morgan fingerprint density at radius 2 is 1.82 bits per heavy atom. The maximum atomic E-state index is 11.7. The van der Waals surface area contributed by atoms with Crippen molar-refractivity contribution in [2.75, 3.05) is 20.3 Å². The van der Waals surface area contributed by atoms with E-state index < -0.39 is 2.14 Å². The molecular weight excluding hydrogens is 420 g/mol. The zero-order valence-corrected chi connectivity index (χ0v) is 13.8. The Bertz CT molecular complexity index is 371. The van der Waals surface area contributed by atoms with Crippen LogP contribution >= 0.6 is 47.8 Å². The van der Waals surface area contributed by atoms with Crippen LogP contribution in [0.25, 0.3) is 0 Å². The van der Waals surface area contributed by atoms with Crippen LogP contribution in [0.4, 0.5) is 0 Å². The van der Waals surface area contributed by atoms with Crippen LogP contribution in [0, 0.1) is 0 Å². The lowest BCUT2D eigenvalue weighted by Gasteiger charge is -2.11. The molecule has 1 aromatic rings. The Morgan fingerprint density at radius 1 is 1.24 bits per heavy atom. The van der Waals surface area contributed by atoms with Crippen LogP contribution in [0.1, 0.15) is 10.4 Å². The van der Waals surface area contributed by atoms with Gasteiger partial charge in [-0.1, -0.05) is 47.8 Å². The summed E-state index contributed by atoms with van der Waals surface area (Å²) in [6.07, 6.45) is 0. The molecular formula is C11H11Br3O3. The summed E-state index contributed by atoms with van der Waals surface area (Å²) in [5.41, 5.74) is 0.607. The third-order valence-corrected chi connectivity index (χ3v) is 2.60. The first-order valence-electron chi connectivity index (χ1n) is 4.74. The number of methoxy groups -OCH3 is 1. The fourth-order valence-electron chi connectivity index (χ4n) is 1.12. The van der Waals surface area contributed by atoms with Crippen molar-refractivity contribution in [1.29, 1.82) is 0 Å². The highest BCUT2D eigenvalue weighted by Crippen LogP contribution is 2.33. The first-order valence-corrected chi connectivity index (χ1v) is 7.12. The number of ketones is 1. The molecule has 0 aliphatic rings. The number of alkyl halides is 3. The summed E-state index contributed by atoms with van der Waals surface area (Å²) in [6.45, 7) is 0.367. The number of Topliss-reactive ketones (excluding diaryl/α,β-unsaturated/α-hetero) is 1. The molecule has 1 aromatic carbocycles. The van der Waals surface area contributed by atoms with Gasteiger partial charge >= 0.3 is 0 Å². The minimum Gasteiger partial charge on any atom is -0.497 e. The summed E-state index contributed by atoms with van der Waals surface area (Å²) in [7, 11) is 1.58. The van der Waals surface area contributed by atoms with Crippen LogP contribution in [0.15, 0.2) is 24.3 Å². The molecule has 6 heteroatoms. The van der Waals surface area contributed by atoms with Gasteiger partial charge in [0.25, 0.3) is 0 Å². The van der Waals surface area contributed by atoms with Crippen molar-refractivity contribution in [2.45, 2.75) is 2.14 Å². The number of hydrogen-bond donors (Lipinski definition) is 0. The van der Waals surface area contributed by atoms with Gasteiger partial charge in [-0.15, -0.1) is 0 Å². The molecule has 0 aliphatic carbocycles. The van der Waals surface area contributed by atoms with Crippen LogP contribution in [0.2, 0.25) is 0 Å². The predicted molar refractivity (Wildman–Crippen MR) is 77.7 cm³/mol. The molecule has 0 fully saturated rings. The van der Waals surface area contributed by atoms with E-state index in [0.717, 1.165) is 5.75 Å². The van der Waals surface area contributed by atoms with Crippen LogP contribution in [-0.4, -0.2) is 28.2 Å². The maximum Gasteiger partial charge on any atom is 0.188 e. The van der Waals surface area contributed by atoms with E-state index in [4.69, 9.17) is 9.47 Å². The second-order valence-corrected chi connectivity index (χ2v) is 10.5.